The quantitative estimate of drug-likeness (QED) is 0.260. The van der Waals surface area contributed by atoms with E-state index in [1.165, 1.54) is 23.0 Å². The van der Waals surface area contributed by atoms with E-state index in [0.717, 1.165) is 16.3 Å². The SMILES string of the molecule is Oc1cc(/C=N/n2c(Cc3cccc4ccccc34)n[nH]c2=S)cc(Cl)c1O. The van der Waals surface area contributed by atoms with Crippen LogP contribution < -0.4 is 0 Å². The van der Waals surface area contributed by atoms with Gasteiger partial charge in [0.15, 0.2) is 17.3 Å². The molecule has 0 saturated carbocycles. The first-order chi connectivity index (χ1) is 13.5. The van der Waals surface area contributed by atoms with Crippen LogP contribution in [0, 0.1) is 4.77 Å². The van der Waals surface area contributed by atoms with Gasteiger partial charge < -0.3 is 10.2 Å². The predicted molar refractivity (Wildman–Crippen MR) is 112 cm³/mol. The average Bonchev–Trinajstić information content (AvgIpc) is 3.04. The highest BCUT2D eigenvalue weighted by Crippen LogP contribution is 2.33. The molecule has 0 radical (unpaired) electrons. The van der Waals surface area contributed by atoms with Crippen molar-refractivity contribution in [3.05, 3.63) is 81.3 Å². The maximum atomic E-state index is 9.70. The molecule has 0 spiro atoms. The highest BCUT2D eigenvalue weighted by atomic mass is 35.5. The molecule has 0 unspecified atom stereocenters. The minimum absolute atomic E-state index is 0.0354. The number of fused-ring (bicyclic) bond motifs is 1. The van der Waals surface area contributed by atoms with Gasteiger partial charge in [0.1, 0.15) is 0 Å². The van der Waals surface area contributed by atoms with E-state index in [9.17, 15) is 10.2 Å². The number of phenols is 2. The molecule has 1 aromatic heterocycles. The summed E-state index contributed by atoms with van der Waals surface area (Å²) in [6.07, 6.45) is 2.02. The van der Waals surface area contributed by atoms with E-state index in [1.807, 2.05) is 24.3 Å². The topological polar surface area (TPSA) is 86.4 Å². The predicted octanol–water partition coefficient (Wildman–Crippen LogP) is 4.63. The Bertz CT molecular complexity index is 1230. The first-order valence-electron chi connectivity index (χ1n) is 8.41. The number of halogens is 1. The van der Waals surface area contributed by atoms with Gasteiger partial charge >= 0.3 is 0 Å². The number of rotatable bonds is 4. The first-order valence-corrected chi connectivity index (χ1v) is 9.20. The molecule has 1 heterocycles. The number of hydrogen-bond donors (Lipinski definition) is 3. The van der Waals surface area contributed by atoms with Gasteiger partial charge in [-0.1, -0.05) is 54.1 Å². The van der Waals surface area contributed by atoms with Crippen molar-refractivity contribution < 1.29 is 10.2 Å². The lowest BCUT2D eigenvalue weighted by atomic mass is 10.0. The van der Waals surface area contributed by atoms with Crippen molar-refractivity contribution in [2.24, 2.45) is 5.10 Å². The number of nitrogens with one attached hydrogen (secondary N) is 1. The van der Waals surface area contributed by atoms with E-state index in [4.69, 9.17) is 23.8 Å². The zero-order valence-corrected chi connectivity index (χ0v) is 16.1. The van der Waals surface area contributed by atoms with Crippen LogP contribution in [0.2, 0.25) is 5.02 Å². The lowest BCUT2D eigenvalue weighted by Gasteiger charge is -2.06. The molecule has 0 bridgehead atoms. The number of benzene rings is 3. The lowest BCUT2D eigenvalue weighted by molar-refractivity contribution is 0.404. The lowest BCUT2D eigenvalue weighted by Crippen LogP contribution is -2.01. The van der Waals surface area contributed by atoms with E-state index >= 15 is 0 Å². The zero-order chi connectivity index (χ0) is 19.7. The van der Waals surface area contributed by atoms with Crippen LogP contribution >= 0.6 is 23.8 Å². The molecule has 0 aliphatic heterocycles. The largest absolute Gasteiger partial charge is 0.504 e. The van der Waals surface area contributed by atoms with Gasteiger partial charge in [0, 0.05) is 6.42 Å². The number of phenolic OH excluding ortho intramolecular Hbond substituents is 2. The van der Waals surface area contributed by atoms with Crippen LogP contribution in [0.1, 0.15) is 17.0 Å². The highest BCUT2D eigenvalue weighted by molar-refractivity contribution is 7.71. The smallest absolute Gasteiger partial charge is 0.216 e. The van der Waals surface area contributed by atoms with Crippen LogP contribution in [0.3, 0.4) is 0 Å². The molecular weight excluding hydrogens is 396 g/mol. The molecule has 6 nitrogen and oxygen atoms in total. The maximum absolute atomic E-state index is 9.70. The standard InChI is InChI=1S/C20H15ClN4O2S/c21-16-8-12(9-17(26)19(16)27)11-22-25-18(23-24-20(25)28)10-14-6-3-5-13-4-1-2-7-15(13)14/h1-9,11,26-27H,10H2,(H,24,28)/b22-11+. The molecule has 0 saturated heterocycles. The van der Waals surface area contributed by atoms with E-state index in [0.29, 0.717) is 22.6 Å². The third-order valence-corrected chi connectivity index (χ3v) is 4.89. The summed E-state index contributed by atoms with van der Waals surface area (Å²) in [5, 5.41) is 33.0. The molecule has 3 aromatic carbocycles. The molecule has 4 rings (SSSR count). The number of nitrogens with zero attached hydrogens (tertiary/aromatic N) is 3. The first kappa shape index (κ1) is 18.2. The monoisotopic (exact) mass is 410 g/mol. The fourth-order valence-corrected chi connectivity index (χ4v) is 3.40. The van der Waals surface area contributed by atoms with Crippen LogP contribution in [0.15, 0.2) is 59.7 Å². The molecular formula is C20H15ClN4O2S. The van der Waals surface area contributed by atoms with E-state index < -0.39 is 0 Å². The minimum Gasteiger partial charge on any atom is -0.504 e. The van der Waals surface area contributed by atoms with Crippen LogP contribution in [-0.4, -0.2) is 31.3 Å². The summed E-state index contributed by atoms with van der Waals surface area (Å²) >= 11 is 11.2. The average molecular weight is 411 g/mol. The second-order valence-corrected chi connectivity index (χ2v) is 6.98. The van der Waals surface area contributed by atoms with Crippen LogP contribution in [0.5, 0.6) is 11.5 Å². The van der Waals surface area contributed by atoms with Crippen LogP contribution in [0.25, 0.3) is 10.8 Å². The Kier molecular flexibility index (Phi) is 4.85. The van der Waals surface area contributed by atoms with Crippen molar-refractivity contribution in [1.82, 2.24) is 14.9 Å². The molecule has 28 heavy (non-hydrogen) atoms. The summed E-state index contributed by atoms with van der Waals surface area (Å²) < 4.78 is 1.87. The number of hydrogen-bond acceptors (Lipinski definition) is 5. The fourth-order valence-electron chi connectivity index (χ4n) is 2.98. The third kappa shape index (κ3) is 3.49. The van der Waals surface area contributed by atoms with Crippen LogP contribution in [-0.2, 0) is 6.42 Å². The zero-order valence-electron chi connectivity index (χ0n) is 14.5. The van der Waals surface area contributed by atoms with E-state index in [-0.39, 0.29) is 16.5 Å². The number of H-pyrrole nitrogens is 1. The van der Waals surface area contributed by atoms with Gasteiger partial charge in [-0.25, -0.2) is 0 Å². The second kappa shape index (κ2) is 7.46. The molecule has 4 aromatic rings. The minimum atomic E-state index is -0.365. The number of aromatic hydroxyl groups is 2. The Balaban J connectivity index is 1.69. The van der Waals surface area contributed by atoms with Gasteiger partial charge in [-0.15, -0.1) is 0 Å². The Labute approximate surface area is 170 Å². The molecule has 3 N–H and O–H groups in total. The Morgan fingerprint density at radius 2 is 1.93 bits per heavy atom. The van der Waals surface area contributed by atoms with Crippen molar-refractivity contribution in [1.29, 1.82) is 0 Å². The van der Waals surface area contributed by atoms with Crippen molar-refractivity contribution in [2.45, 2.75) is 6.42 Å². The number of aromatic amines is 1. The molecule has 0 fully saturated rings. The van der Waals surface area contributed by atoms with Crippen molar-refractivity contribution in [3.63, 3.8) is 0 Å². The van der Waals surface area contributed by atoms with Gasteiger partial charge in [-0.2, -0.15) is 14.9 Å². The van der Waals surface area contributed by atoms with Crippen molar-refractivity contribution >= 4 is 40.8 Å². The summed E-state index contributed by atoms with van der Waals surface area (Å²) in [4.78, 5) is 0. The highest BCUT2D eigenvalue weighted by Gasteiger charge is 2.10. The van der Waals surface area contributed by atoms with Crippen molar-refractivity contribution in [3.8, 4) is 11.5 Å². The Morgan fingerprint density at radius 1 is 1.14 bits per heavy atom. The number of aromatic nitrogens is 3. The Hall–Kier alpha value is -3.16. The normalized spacial score (nSPS) is 11.5. The molecule has 0 atom stereocenters. The van der Waals surface area contributed by atoms with E-state index in [1.54, 1.807) is 0 Å². The van der Waals surface area contributed by atoms with Gasteiger partial charge in [-0.3, -0.25) is 5.10 Å². The van der Waals surface area contributed by atoms with Crippen molar-refractivity contribution in [2.75, 3.05) is 0 Å². The fraction of sp³-hybridized carbons (Fsp3) is 0.0500. The van der Waals surface area contributed by atoms with E-state index in [2.05, 4.69) is 33.5 Å². The van der Waals surface area contributed by atoms with Gasteiger partial charge in [0.25, 0.3) is 0 Å². The Morgan fingerprint density at radius 3 is 2.75 bits per heavy atom. The molecule has 0 aliphatic carbocycles. The molecule has 8 heteroatoms. The summed E-state index contributed by atoms with van der Waals surface area (Å²) in [5.74, 6) is -0.0391. The summed E-state index contributed by atoms with van der Waals surface area (Å²) in [5.41, 5.74) is 1.62. The second-order valence-electron chi connectivity index (χ2n) is 6.19. The third-order valence-electron chi connectivity index (χ3n) is 4.33. The van der Waals surface area contributed by atoms with Gasteiger partial charge in [0.05, 0.1) is 11.2 Å². The molecule has 0 amide bonds. The maximum Gasteiger partial charge on any atom is 0.216 e. The summed E-state index contributed by atoms with van der Waals surface area (Å²) in [7, 11) is 0. The summed E-state index contributed by atoms with van der Waals surface area (Å²) in [6.45, 7) is 0. The van der Waals surface area contributed by atoms with Gasteiger partial charge in [-0.05, 0) is 46.2 Å². The van der Waals surface area contributed by atoms with Crippen LogP contribution in [0.4, 0.5) is 0 Å². The van der Waals surface area contributed by atoms with Gasteiger partial charge in [0.2, 0.25) is 4.77 Å². The molecule has 0 aliphatic rings. The molecule has 140 valence electrons. The summed E-state index contributed by atoms with van der Waals surface area (Å²) in [6, 6.07) is 17.1.